The van der Waals surface area contributed by atoms with Crippen LogP contribution in [0.25, 0.3) is 0 Å². The van der Waals surface area contributed by atoms with Crippen LogP contribution < -0.4 is 10.6 Å². The summed E-state index contributed by atoms with van der Waals surface area (Å²) in [6.07, 6.45) is 5.37. The second kappa shape index (κ2) is 11.0. The van der Waals surface area contributed by atoms with Crippen LogP contribution in [0, 0.1) is 5.92 Å². The highest BCUT2D eigenvalue weighted by molar-refractivity contribution is 7.10. The molecule has 2 aliphatic rings. The molecule has 6 heteroatoms. The lowest BCUT2D eigenvalue weighted by atomic mass is 10.2. The summed E-state index contributed by atoms with van der Waals surface area (Å²) in [6, 6.07) is 4.90. The number of hydrogen-bond donors (Lipinski definition) is 2. The number of nitrogens with zero attached hydrogens (tertiary/aromatic N) is 3. The maximum Gasteiger partial charge on any atom is 0.191 e. The summed E-state index contributed by atoms with van der Waals surface area (Å²) in [5, 5.41) is 9.25. The van der Waals surface area contributed by atoms with Gasteiger partial charge >= 0.3 is 0 Å². The lowest BCUT2D eigenvalue weighted by Gasteiger charge is -2.27. The molecule has 27 heavy (non-hydrogen) atoms. The Morgan fingerprint density at radius 2 is 1.89 bits per heavy atom. The van der Waals surface area contributed by atoms with Gasteiger partial charge in [0, 0.05) is 31.1 Å². The first kappa shape index (κ1) is 20.6. The van der Waals surface area contributed by atoms with Gasteiger partial charge in [-0.25, -0.2) is 0 Å². The highest BCUT2D eigenvalue weighted by Crippen LogP contribution is 2.27. The molecule has 1 aromatic rings. The Labute approximate surface area is 169 Å². The van der Waals surface area contributed by atoms with Crippen molar-refractivity contribution >= 4 is 17.3 Å². The molecule has 2 saturated heterocycles. The Morgan fingerprint density at radius 3 is 2.56 bits per heavy atom. The number of thiophene rings is 1. The summed E-state index contributed by atoms with van der Waals surface area (Å²) in [4.78, 5) is 11.6. The van der Waals surface area contributed by atoms with Crippen LogP contribution in [0.3, 0.4) is 0 Å². The van der Waals surface area contributed by atoms with Gasteiger partial charge in [0.1, 0.15) is 0 Å². The number of guanidine groups is 1. The molecule has 2 N–H and O–H groups in total. The summed E-state index contributed by atoms with van der Waals surface area (Å²) in [6.45, 7) is 13.3. The van der Waals surface area contributed by atoms with E-state index in [4.69, 9.17) is 4.99 Å². The van der Waals surface area contributed by atoms with Crippen LogP contribution >= 0.6 is 11.3 Å². The molecular formula is C21H37N5S. The third-order valence-corrected chi connectivity index (χ3v) is 6.56. The topological polar surface area (TPSA) is 42.9 Å². The standard InChI is InChI=1S/C21H37N5S/c1-3-22-21(23-15-18(2)17-25-10-4-5-11-25)24-16-19(20-9-8-14-27-20)26-12-6-7-13-26/h8-9,14,18-19H,3-7,10-13,15-17H2,1-2H3,(H2,22,23,24). The molecule has 5 nitrogen and oxygen atoms in total. The SMILES string of the molecule is CCNC(=NCC(C)CN1CCCC1)NCC(c1cccs1)N1CCCC1. The fraction of sp³-hybridized carbons (Fsp3) is 0.762. The van der Waals surface area contributed by atoms with Gasteiger partial charge in [0.25, 0.3) is 0 Å². The Morgan fingerprint density at radius 1 is 1.15 bits per heavy atom. The Balaban J connectivity index is 1.53. The molecule has 0 bridgehead atoms. The summed E-state index contributed by atoms with van der Waals surface area (Å²) in [7, 11) is 0. The average Bonchev–Trinajstić information content (AvgIpc) is 3.42. The molecule has 0 spiro atoms. The zero-order chi connectivity index (χ0) is 18.9. The zero-order valence-electron chi connectivity index (χ0n) is 17.1. The van der Waals surface area contributed by atoms with Crippen molar-refractivity contribution in [2.45, 2.75) is 45.6 Å². The minimum Gasteiger partial charge on any atom is -0.357 e. The summed E-state index contributed by atoms with van der Waals surface area (Å²) < 4.78 is 0. The molecule has 2 atom stereocenters. The molecule has 1 aromatic heterocycles. The minimum atomic E-state index is 0.457. The van der Waals surface area contributed by atoms with Gasteiger partial charge in [-0.1, -0.05) is 13.0 Å². The smallest absolute Gasteiger partial charge is 0.191 e. The van der Waals surface area contributed by atoms with Gasteiger partial charge in [0.15, 0.2) is 5.96 Å². The van der Waals surface area contributed by atoms with Crippen molar-refractivity contribution in [3.05, 3.63) is 22.4 Å². The van der Waals surface area contributed by atoms with E-state index in [1.54, 1.807) is 0 Å². The van der Waals surface area contributed by atoms with Crippen LogP contribution in [0.2, 0.25) is 0 Å². The normalized spacial score (nSPS) is 21.5. The molecule has 0 aliphatic carbocycles. The Bertz CT molecular complexity index is 547. The van der Waals surface area contributed by atoms with Crippen molar-refractivity contribution < 1.29 is 0 Å². The number of likely N-dealkylation sites (tertiary alicyclic amines) is 2. The van der Waals surface area contributed by atoms with Crippen LogP contribution in [-0.4, -0.2) is 68.1 Å². The molecule has 0 saturated carbocycles. The monoisotopic (exact) mass is 391 g/mol. The first-order valence-corrected chi connectivity index (χ1v) is 11.7. The van der Waals surface area contributed by atoms with Crippen LogP contribution in [0.1, 0.15) is 50.4 Å². The third-order valence-electron chi connectivity index (χ3n) is 5.59. The van der Waals surface area contributed by atoms with Gasteiger partial charge < -0.3 is 15.5 Å². The van der Waals surface area contributed by atoms with Gasteiger partial charge in [0.2, 0.25) is 0 Å². The van der Waals surface area contributed by atoms with Gasteiger partial charge in [-0.05, 0) is 76.2 Å². The molecule has 2 aliphatic heterocycles. The fourth-order valence-corrected chi connectivity index (χ4v) is 5.05. The van der Waals surface area contributed by atoms with Crippen molar-refractivity contribution in [3.8, 4) is 0 Å². The summed E-state index contributed by atoms with van der Waals surface area (Å²) in [5.41, 5.74) is 0. The second-order valence-corrected chi connectivity index (χ2v) is 8.97. The van der Waals surface area contributed by atoms with Gasteiger partial charge in [-0.15, -0.1) is 11.3 Å². The van der Waals surface area contributed by atoms with E-state index in [-0.39, 0.29) is 0 Å². The third kappa shape index (κ3) is 6.47. The predicted octanol–water partition coefficient (Wildman–Crippen LogP) is 3.17. The second-order valence-electron chi connectivity index (χ2n) is 7.99. The van der Waals surface area contributed by atoms with Crippen molar-refractivity contribution in [3.63, 3.8) is 0 Å². The Hall–Kier alpha value is -1.11. The van der Waals surface area contributed by atoms with E-state index in [0.717, 1.165) is 25.6 Å². The van der Waals surface area contributed by atoms with E-state index < -0.39 is 0 Å². The van der Waals surface area contributed by atoms with Crippen LogP contribution in [0.5, 0.6) is 0 Å². The van der Waals surface area contributed by atoms with Crippen molar-refractivity contribution in [2.75, 3.05) is 52.4 Å². The van der Waals surface area contributed by atoms with E-state index in [9.17, 15) is 0 Å². The number of rotatable bonds is 9. The molecule has 0 radical (unpaired) electrons. The molecule has 0 aromatic carbocycles. The maximum atomic E-state index is 4.89. The molecule has 2 fully saturated rings. The first-order valence-electron chi connectivity index (χ1n) is 10.8. The van der Waals surface area contributed by atoms with Crippen molar-refractivity contribution in [2.24, 2.45) is 10.9 Å². The quantitative estimate of drug-likeness (QED) is 0.501. The van der Waals surface area contributed by atoms with Crippen molar-refractivity contribution in [1.82, 2.24) is 20.4 Å². The van der Waals surface area contributed by atoms with Crippen molar-refractivity contribution in [1.29, 1.82) is 0 Å². The maximum absolute atomic E-state index is 4.89. The molecule has 3 rings (SSSR count). The highest BCUT2D eigenvalue weighted by atomic mass is 32.1. The van der Waals surface area contributed by atoms with E-state index in [1.807, 2.05) is 11.3 Å². The molecule has 3 heterocycles. The van der Waals surface area contributed by atoms with E-state index in [1.165, 1.54) is 63.3 Å². The first-order chi connectivity index (χ1) is 13.3. The summed E-state index contributed by atoms with van der Waals surface area (Å²) in [5.74, 6) is 1.57. The average molecular weight is 392 g/mol. The highest BCUT2D eigenvalue weighted by Gasteiger charge is 2.24. The molecular weight excluding hydrogens is 354 g/mol. The molecule has 152 valence electrons. The largest absolute Gasteiger partial charge is 0.357 e. The molecule has 2 unspecified atom stereocenters. The van der Waals surface area contributed by atoms with Gasteiger partial charge in [0.05, 0.1) is 6.04 Å². The lowest BCUT2D eigenvalue weighted by Crippen LogP contribution is -2.42. The number of hydrogen-bond acceptors (Lipinski definition) is 4. The number of nitrogens with one attached hydrogen (secondary N) is 2. The number of aliphatic imine (C=N–C) groups is 1. The van der Waals surface area contributed by atoms with Crippen LogP contribution in [0.15, 0.2) is 22.5 Å². The Kier molecular flexibility index (Phi) is 8.42. The molecule has 0 amide bonds. The predicted molar refractivity (Wildman–Crippen MR) is 117 cm³/mol. The van der Waals surface area contributed by atoms with Gasteiger partial charge in [-0.2, -0.15) is 0 Å². The summed E-state index contributed by atoms with van der Waals surface area (Å²) >= 11 is 1.87. The lowest BCUT2D eigenvalue weighted by molar-refractivity contribution is 0.249. The van der Waals surface area contributed by atoms with E-state index in [2.05, 4.69) is 51.8 Å². The fourth-order valence-electron chi connectivity index (χ4n) is 4.19. The minimum absolute atomic E-state index is 0.457. The van der Waals surface area contributed by atoms with Crippen LogP contribution in [-0.2, 0) is 0 Å². The van der Waals surface area contributed by atoms with E-state index in [0.29, 0.717) is 12.0 Å². The zero-order valence-corrected chi connectivity index (χ0v) is 17.9. The van der Waals surface area contributed by atoms with Gasteiger partial charge in [-0.3, -0.25) is 9.89 Å². The van der Waals surface area contributed by atoms with Crippen LogP contribution in [0.4, 0.5) is 0 Å². The van der Waals surface area contributed by atoms with E-state index >= 15 is 0 Å².